The van der Waals surface area contributed by atoms with Crippen molar-refractivity contribution >= 4 is 0 Å². The molecule has 108 valence electrons. The summed E-state index contributed by atoms with van der Waals surface area (Å²) in [7, 11) is 0. The molecule has 1 aliphatic heterocycles. The lowest BCUT2D eigenvalue weighted by molar-refractivity contribution is 0.0584. The molecule has 0 unspecified atom stereocenters. The molecule has 2 N–H and O–H groups in total. The van der Waals surface area contributed by atoms with Crippen LogP contribution >= 0.6 is 0 Å². The number of benzene rings is 2. The molecule has 0 radical (unpaired) electrons. The molecule has 1 atom stereocenters. The highest BCUT2D eigenvalue weighted by atomic mass is 16.5. The minimum atomic E-state index is 0.142. The van der Waals surface area contributed by atoms with Crippen molar-refractivity contribution in [1.82, 2.24) is 0 Å². The van der Waals surface area contributed by atoms with Gasteiger partial charge in [-0.25, -0.2) is 0 Å². The summed E-state index contributed by atoms with van der Waals surface area (Å²) in [6, 6.07) is 15.6. The van der Waals surface area contributed by atoms with Crippen molar-refractivity contribution in [3.63, 3.8) is 0 Å². The summed E-state index contributed by atoms with van der Waals surface area (Å²) < 4.78 is 5.45. The molecule has 0 spiro atoms. The molecule has 1 aliphatic carbocycles. The Kier molecular flexibility index (Phi) is 3.28. The van der Waals surface area contributed by atoms with Crippen molar-refractivity contribution in [2.45, 2.75) is 25.3 Å². The van der Waals surface area contributed by atoms with Gasteiger partial charge in [-0.05, 0) is 53.0 Å². The molecule has 1 saturated heterocycles. The molecule has 2 nitrogen and oxygen atoms in total. The Balaban J connectivity index is 1.63. The molecule has 0 saturated carbocycles. The maximum Gasteiger partial charge on any atom is 0.0469 e. The van der Waals surface area contributed by atoms with Gasteiger partial charge in [-0.2, -0.15) is 0 Å². The van der Waals surface area contributed by atoms with Crippen molar-refractivity contribution in [2.24, 2.45) is 11.7 Å². The fourth-order valence-corrected chi connectivity index (χ4v) is 3.72. The first-order valence-electron chi connectivity index (χ1n) is 7.87. The quantitative estimate of drug-likeness (QED) is 0.776. The average molecular weight is 279 g/mol. The Bertz CT molecular complexity index is 658. The second-order valence-electron chi connectivity index (χ2n) is 6.23. The van der Waals surface area contributed by atoms with E-state index in [9.17, 15) is 0 Å². The summed E-state index contributed by atoms with van der Waals surface area (Å²) in [5.41, 5.74) is 13.4. The van der Waals surface area contributed by atoms with Gasteiger partial charge in [-0.1, -0.05) is 42.5 Å². The number of hydrogen-bond acceptors (Lipinski definition) is 2. The van der Waals surface area contributed by atoms with E-state index in [0.717, 1.165) is 32.5 Å². The maximum absolute atomic E-state index is 6.51. The Labute approximate surface area is 125 Å². The van der Waals surface area contributed by atoms with Crippen molar-refractivity contribution in [3.8, 4) is 11.1 Å². The molecule has 2 aliphatic rings. The van der Waals surface area contributed by atoms with E-state index in [0.29, 0.717) is 5.92 Å². The third kappa shape index (κ3) is 2.29. The Morgan fingerprint density at radius 1 is 0.952 bits per heavy atom. The largest absolute Gasteiger partial charge is 0.381 e. The molecule has 0 aromatic heterocycles. The van der Waals surface area contributed by atoms with E-state index < -0.39 is 0 Å². The highest BCUT2D eigenvalue weighted by Gasteiger charge is 2.24. The van der Waals surface area contributed by atoms with Crippen molar-refractivity contribution in [3.05, 3.63) is 59.2 Å². The van der Waals surface area contributed by atoms with E-state index in [1.807, 2.05) is 0 Å². The van der Waals surface area contributed by atoms with Crippen LogP contribution in [0.2, 0.25) is 0 Å². The third-order valence-corrected chi connectivity index (χ3v) is 4.98. The fraction of sp³-hybridized carbons (Fsp3) is 0.368. The zero-order valence-electron chi connectivity index (χ0n) is 12.2. The van der Waals surface area contributed by atoms with Crippen LogP contribution in [0.3, 0.4) is 0 Å². The number of ether oxygens (including phenoxy) is 1. The predicted molar refractivity (Wildman–Crippen MR) is 85.2 cm³/mol. The first-order valence-corrected chi connectivity index (χ1v) is 7.87. The molecule has 1 fully saturated rings. The normalized spacial score (nSPS) is 19.1. The lowest BCUT2D eigenvalue weighted by atomic mass is 9.86. The van der Waals surface area contributed by atoms with E-state index in [-0.39, 0.29) is 6.04 Å². The average Bonchev–Trinajstić information content (AvgIpc) is 2.92. The van der Waals surface area contributed by atoms with Crippen LogP contribution in [0.1, 0.15) is 35.6 Å². The Hall–Kier alpha value is -1.64. The Morgan fingerprint density at radius 3 is 2.57 bits per heavy atom. The standard InChI is InChI=1S/C19H21NO/c20-19(13-7-9-21-10-8-13)15-5-6-18-16(12-15)11-14-3-1-2-4-17(14)18/h1-6,12-13,19H,7-11,20H2/t19-/m0/s1. The summed E-state index contributed by atoms with van der Waals surface area (Å²) in [4.78, 5) is 0. The Morgan fingerprint density at radius 2 is 1.71 bits per heavy atom. The van der Waals surface area contributed by atoms with Crippen LogP contribution in [0.25, 0.3) is 11.1 Å². The number of hydrogen-bond donors (Lipinski definition) is 1. The molecular weight excluding hydrogens is 258 g/mol. The summed E-state index contributed by atoms with van der Waals surface area (Å²) in [6.07, 6.45) is 3.21. The molecule has 0 amide bonds. The summed E-state index contributed by atoms with van der Waals surface area (Å²) in [5, 5.41) is 0. The van der Waals surface area contributed by atoms with Gasteiger partial charge in [0.2, 0.25) is 0 Å². The first-order chi connectivity index (χ1) is 10.3. The van der Waals surface area contributed by atoms with Gasteiger partial charge in [-0.3, -0.25) is 0 Å². The van der Waals surface area contributed by atoms with Gasteiger partial charge in [0.25, 0.3) is 0 Å². The summed E-state index contributed by atoms with van der Waals surface area (Å²) in [5.74, 6) is 0.556. The van der Waals surface area contributed by atoms with E-state index in [1.165, 1.54) is 27.8 Å². The fourth-order valence-electron chi connectivity index (χ4n) is 3.72. The number of rotatable bonds is 2. The number of nitrogens with two attached hydrogens (primary N) is 1. The number of fused-ring (bicyclic) bond motifs is 3. The van der Waals surface area contributed by atoms with E-state index in [1.54, 1.807) is 0 Å². The van der Waals surface area contributed by atoms with Gasteiger partial charge < -0.3 is 10.5 Å². The maximum atomic E-state index is 6.51. The van der Waals surface area contributed by atoms with Crippen LogP contribution in [0, 0.1) is 5.92 Å². The van der Waals surface area contributed by atoms with Crippen molar-refractivity contribution in [2.75, 3.05) is 13.2 Å². The smallest absolute Gasteiger partial charge is 0.0469 e. The SMILES string of the molecule is N[C@H](c1ccc2c(c1)Cc1ccccc1-2)C1CCOCC1. The summed E-state index contributed by atoms with van der Waals surface area (Å²) in [6.45, 7) is 1.71. The monoisotopic (exact) mass is 279 g/mol. The molecular formula is C19H21NO. The van der Waals surface area contributed by atoms with Gasteiger partial charge in [0.1, 0.15) is 0 Å². The lowest BCUT2D eigenvalue weighted by Gasteiger charge is -2.28. The van der Waals surface area contributed by atoms with Crippen molar-refractivity contribution in [1.29, 1.82) is 0 Å². The van der Waals surface area contributed by atoms with E-state index >= 15 is 0 Å². The van der Waals surface area contributed by atoms with E-state index in [2.05, 4.69) is 42.5 Å². The van der Waals surface area contributed by atoms with Crippen LogP contribution in [0.4, 0.5) is 0 Å². The van der Waals surface area contributed by atoms with Crippen molar-refractivity contribution < 1.29 is 4.74 Å². The van der Waals surface area contributed by atoms with Crippen LogP contribution in [-0.2, 0) is 11.2 Å². The molecule has 2 heteroatoms. The molecule has 2 aromatic carbocycles. The molecule has 21 heavy (non-hydrogen) atoms. The highest BCUT2D eigenvalue weighted by Crippen LogP contribution is 2.38. The van der Waals surface area contributed by atoms with Crippen LogP contribution < -0.4 is 5.73 Å². The molecule has 0 bridgehead atoms. The van der Waals surface area contributed by atoms with Gasteiger partial charge in [-0.15, -0.1) is 0 Å². The third-order valence-electron chi connectivity index (χ3n) is 4.98. The first kappa shape index (κ1) is 13.1. The molecule has 1 heterocycles. The summed E-state index contributed by atoms with van der Waals surface area (Å²) >= 11 is 0. The van der Waals surface area contributed by atoms with Crippen LogP contribution in [0.5, 0.6) is 0 Å². The van der Waals surface area contributed by atoms with Gasteiger partial charge in [0.05, 0.1) is 0 Å². The van der Waals surface area contributed by atoms with E-state index in [4.69, 9.17) is 10.5 Å². The zero-order chi connectivity index (χ0) is 14.2. The second kappa shape index (κ2) is 5.28. The predicted octanol–water partition coefficient (Wildman–Crippen LogP) is 3.68. The van der Waals surface area contributed by atoms with Gasteiger partial charge >= 0.3 is 0 Å². The molecule has 2 aromatic rings. The second-order valence-corrected chi connectivity index (χ2v) is 6.23. The lowest BCUT2D eigenvalue weighted by Crippen LogP contribution is -2.27. The minimum absolute atomic E-state index is 0.142. The molecule has 4 rings (SSSR count). The zero-order valence-corrected chi connectivity index (χ0v) is 12.2. The van der Waals surface area contributed by atoms with Crippen LogP contribution in [0.15, 0.2) is 42.5 Å². The minimum Gasteiger partial charge on any atom is -0.381 e. The van der Waals surface area contributed by atoms with Crippen LogP contribution in [-0.4, -0.2) is 13.2 Å². The van der Waals surface area contributed by atoms with Gasteiger partial charge in [0, 0.05) is 19.3 Å². The van der Waals surface area contributed by atoms with Gasteiger partial charge in [0.15, 0.2) is 0 Å². The topological polar surface area (TPSA) is 35.2 Å². The highest BCUT2D eigenvalue weighted by molar-refractivity contribution is 5.77.